The van der Waals surface area contributed by atoms with Gasteiger partial charge in [-0.25, -0.2) is 0 Å². The molecule has 6 nitrogen and oxygen atoms in total. The number of hydrogen-bond donors (Lipinski definition) is 1. The number of Topliss-reactive ketones (excluding diaryl/α,β-unsaturated/α-hetero) is 1. The van der Waals surface area contributed by atoms with Gasteiger partial charge in [0.05, 0.1) is 18.2 Å². The Kier molecular flexibility index (Phi) is 6.92. The second-order valence-corrected chi connectivity index (χ2v) is 7.10. The SMILES string of the molecule is C=CCOc1ccc([C@H]2C(=C(O)c3ccc(Cl)cc3)C(=O)C(=O)N2CCOC)cc1. The van der Waals surface area contributed by atoms with Crippen LogP contribution < -0.4 is 4.74 Å². The molecule has 2 aromatic rings. The first-order valence-electron chi connectivity index (χ1n) is 9.35. The lowest BCUT2D eigenvalue weighted by molar-refractivity contribution is -0.140. The molecule has 2 aromatic carbocycles. The topological polar surface area (TPSA) is 76.1 Å². The Labute approximate surface area is 180 Å². The van der Waals surface area contributed by atoms with Crippen molar-refractivity contribution in [1.82, 2.24) is 4.90 Å². The van der Waals surface area contributed by atoms with Crippen molar-refractivity contribution in [2.45, 2.75) is 6.04 Å². The van der Waals surface area contributed by atoms with E-state index >= 15 is 0 Å². The molecule has 0 aliphatic carbocycles. The van der Waals surface area contributed by atoms with Crippen molar-refractivity contribution >= 4 is 29.1 Å². The van der Waals surface area contributed by atoms with Crippen LogP contribution in [0.2, 0.25) is 5.02 Å². The number of ether oxygens (including phenoxy) is 2. The molecule has 156 valence electrons. The number of likely N-dealkylation sites (tertiary alicyclic amines) is 1. The number of amides is 1. The Morgan fingerprint density at radius 1 is 1.17 bits per heavy atom. The summed E-state index contributed by atoms with van der Waals surface area (Å²) in [6.45, 7) is 4.44. The lowest BCUT2D eigenvalue weighted by atomic mass is 9.95. The number of aliphatic hydroxyl groups is 1. The number of methoxy groups -OCH3 is 1. The molecule has 0 unspecified atom stereocenters. The van der Waals surface area contributed by atoms with Crippen LogP contribution in [0.4, 0.5) is 0 Å². The van der Waals surface area contributed by atoms with Crippen molar-refractivity contribution in [2.75, 3.05) is 26.9 Å². The summed E-state index contributed by atoms with van der Waals surface area (Å²) in [4.78, 5) is 27.0. The average Bonchev–Trinajstić information content (AvgIpc) is 3.01. The molecule has 0 spiro atoms. The van der Waals surface area contributed by atoms with E-state index in [2.05, 4.69) is 6.58 Å². The molecule has 30 heavy (non-hydrogen) atoms. The molecule has 1 aliphatic rings. The van der Waals surface area contributed by atoms with Gasteiger partial charge in [-0.2, -0.15) is 0 Å². The van der Waals surface area contributed by atoms with Gasteiger partial charge in [-0.05, 0) is 42.0 Å². The van der Waals surface area contributed by atoms with E-state index in [0.29, 0.717) is 28.5 Å². The van der Waals surface area contributed by atoms with Crippen LogP contribution >= 0.6 is 11.6 Å². The molecule has 1 N–H and O–H groups in total. The highest BCUT2D eigenvalue weighted by Gasteiger charge is 2.45. The van der Waals surface area contributed by atoms with Crippen molar-refractivity contribution in [3.63, 3.8) is 0 Å². The second kappa shape index (κ2) is 9.61. The zero-order valence-electron chi connectivity index (χ0n) is 16.5. The maximum Gasteiger partial charge on any atom is 0.295 e. The van der Waals surface area contributed by atoms with E-state index in [9.17, 15) is 14.7 Å². The molecule has 0 bridgehead atoms. The minimum atomic E-state index is -0.746. The smallest absolute Gasteiger partial charge is 0.295 e. The van der Waals surface area contributed by atoms with Crippen molar-refractivity contribution in [1.29, 1.82) is 0 Å². The number of nitrogens with zero attached hydrogens (tertiary/aromatic N) is 1. The number of halogens is 1. The Morgan fingerprint density at radius 2 is 1.83 bits per heavy atom. The van der Waals surface area contributed by atoms with Gasteiger partial charge in [0.2, 0.25) is 0 Å². The minimum absolute atomic E-state index is 0.0261. The molecule has 1 amide bonds. The third-order valence-electron chi connectivity index (χ3n) is 4.76. The third-order valence-corrected chi connectivity index (χ3v) is 5.01. The fourth-order valence-corrected chi connectivity index (χ4v) is 3.44. The molecule has 1 heterocycles. The highest BCUT2D eigenvalue weighted by molar-refractivity contribution is 6.46. The van der Waals surface area contributed by atoms with Crippen LogP contribution in [0.1, 0.15) is 17.2 Å². The van der Waals surface area contributed by atoms with E-state index in [0.717, 1.165) is 0 Å². The summed E-state index contributed by atoms with van der Waals surface area (Å²) in [5, 5.41) is 11.4. The van der Waals surface area contributed by atoms with Gasteiger partial charge >= 0.3 is 0 Å². The first-order valence-corrected chi connectivity index (χ1v) is 9.72. The summed E-state index contributed by atoms with van der Waals surface area (Å²) >= 11 is 5.92. The number of benzene rings is 2. The Hall–Kier alpha value is -3.09. The molecule has 1 fully saturated rings. The third kappa shape index (κ3) is 4.40. The summed E-state index contributed by atoms with van der Waals surface area (Å²) in [7, 11) is 1.52. The minimum Gasteiger partial charge on any atom is -0.507 e. The summed E-state index contributed by atoms with van der Waals surface area (Å²) < 4.78 is 10.6. The van der Waals surface area contributed by atoms with Crippen molar-refractivity contribution in [2.24, 2.45) is 0 Å². The summed E-state index contributed by atoms with van der Waals surface area (Å²) in [5.41, 5.74) is 1.10. The molecule has 0 saturated carbocycles. The Bertz CT molecular complexity index is 966. The van der Waals surface area contributed by atoms with Crippen LogP contribution in [-0.2, 0) is 14.3 Å². The van der Waals surface area contributed by atoms with Crippen molar-refractivity contribution in [3.8, 4) is 5.75 Å². The first kappa shape index (κ1) is 21.6. The quantitative estimate of drug-likeness (QED) is 0.298. The fraction of sp³-hybridized carbons (Fsp3) is 0.217. The monoisotopic (exact) mass is 427 g/mol. The van der Waals surface area contributed by atoms with Gasteiger partial charge in [-0.15, -0.1) is 0 Å². The Morgan fingerprint density at radius 3 is 2.43 bits per heavy atom. The lowest BCUT2D eigenvalue weighted by Crippen LogP contribution is -2.32. The normalized spacial score (nSPS) is 17.9. The van der Waals surface area contributed by atoms with Crippen LogP contribution in [0.15, 0.2) is 66.8 Å². The molecule has 0 aromatic heterocycles. The van der Waals surface area contributed by atoms with E-state index in [1.165, 1.54) is 12.0 Å². The van der Waals surface area contributed by atoms with Gasteiger partial charge in [-0.3, -0.25) is 9.59 Å². The maximum atomic E-state index is 12.8. The summed E-state index contributed by atoms with van der Waals surface area (Å²) in [5.74, 6) is -1.04. The molecule has 7 heteroatoms. The fourth-order valence-electron chi connectivity index (χ4n) is 3.31. The average molecular weight is 428 g/mol. The maximum absolute atomic E-state index is 12.8. The molecule has 1 atom stereocenters. The highest BCUT2D eigenvalue weighted by atomic mass is 35.5. The number of carbonyl (C=O) groups is 2. The van der Waals surface area contributed by atoms with Gasteiger partial charge in [-0.1, -0.05) is 36.4 Å². The highest BCUT2D eigenvalue weighted by Crippen LogP contribution is 2.39. The molecular formula is C23H22ClNO5. The van der Waals surface area contributed by atoms with E-state index in [4.69, 9.17) is 21.1 Å². The molecule has 1 aliphatic heterocycles. The van der Waals surface area contributed by atoms with Gasteiger partial charge in [0, 0.05) is 24.2 Å². The molecule has 0 radical (unpaired) electrons. The van der Waals surface area contributed by atoms with E-state index in [1.807, 2.05) is 0 Å². The zero-order chi connectivity index (χ0) is 21.7. The Balaban J connectivity index is 2.07. The predicted molar refractivity (Wildman–Crippen MR) is 114 cm³/mol. The van der Waals surface area contributed by atoms with Crippen molar-refractivity contribution < 1.29 is 24.2 Å². The van der Waals surface area contributed by atoms with Crippen LogP contribution in [0.3, 0.4) is 0 Å². The standard InChI is InChI=1S/C23H22ClNO5/c1-3-13-30-18-10-6-15(7-11-18)20-19(21(26)16-4-8-17(24)9-5-16)22(27)23(28)25(20)12-14-29-2/h3-11,20,26H,1,12-14H2,2H3/t20-/m0/s1. The molecule has 3 rings (SSSR count). The number of aliphatic hydroxyl groups excluding tert-OH is 1. The van der Waals surface area contributed by atoms with Crippen LogP contribution in [0, 0.1) is 0 Å². The van der Waals surface area contributed by atoms with Gasteiger partial charge in [0.1, 0.15) is 18.1 Å². The number of carbonyl (C=O) groups excluding carboxylic acids is 2. The summed E-state index contributed by atoms with van der Waals surface area (Å²) in [6, 6.07) is 12.7. The summed E-state index contributed by atoms with van der Waals surface area (Å²) in [6.07, 6.45) is 1.64. The van der Waals surface area contributed by atoms with E-state index in [1.54, 1.807) is 54.6 Å². The number of hydrogen-bond acceptors (Lipinski definition) is 5. The van der Waals surface area contributed by atoms with E-state index < -0.39 is 17.7 Å². The van der Waals surface area contributed by atoms with Crippen LogP contribution in [-0.4, -0.2) is 48.6 Å². The number of ketones is 1. The van der Waals surface area contributed by atoms with Crippen LogP contribution in [0.5, 0.6) is 5.75 Å². The van der Waals surface area contributed by atoms with Crippen LogP contribution in [0.25, 0.3) is 5.76 Å². The number of rotatable bonds is 8. The zero-order valence-corrected chi connectivity index (χ0v) is 17.3. The largest absolute Gasteiger partial charge is 0.507 e. The second-order valence-electron chi connectivity index (χ2n) is 6.66. The lowest BCUT2D eigenvalue weighted by Gasteiger charge is -2.25. The molecule has 1 saturated heterocycles. The van der Waals surface area contributed by atoms with E-state index in [-0.39, 0.29) is 24.5 Å². The predicted octanol–water partition coefficient (Wildman–Crippen LogP) is 3.97. The first-order chi connectivity index (χ1) is 14.5. The van der Waals surface area contributed by atoms with Crippen molar-refractivity contribution in [3.05, 3.63) is 82.9 Å². The van der Waals surface area contributed by atoms with Gasteiger partial charge in [0.15, 0.2) is 0 Å². The van der Waals surface area contributed by atoms with Gasteiger partial charge < -0.3 is 19.5 Å². The van der Waals surface area contributed by atoms with Gasteiger partial charge in [0.25, 0.3) is 11.7 Å². The molecular weight excluding hydrogens is 406 g/mol.